The van der Waals surface area contributed by atoms with Crippen LogP contribution in [0.1, 0.15) is 28.2 Å². The number of carbonyl (C=O) groups excluding carboxylic acids is 1. The fourth-order valence-electron chi connectivity index (χ4n) is 2.89. The Labute approximate surface area is 128 Å². The van der Waals surface area contributed by atoms with Crippen LogP contribution in [0.2, 0.25) is 0 Å². The smallest absolute Gasteiger partial charge is 0.226 e. The Balaban J connectivity index is 1.68. The van der Waals surface area contributed by atoms with Crippen molar-refractivity contribution in [1.82, 2.24) is 19.9 Å². The number of hydrogen-bond acceptors (Lipinski definition) is 4. The van der Waals surface area contributed by atoms with Crippen molar-refractivity contribution in [2.24, 2.45) is 13.0 Å². The lowest BCUT2D eigenvalue weighted by Gasteiger charge is -2.26. The molecule has 0 aromatic carbocycles. The van der Waals surface area contributed by atoms with E-state index in [4.69, 9.17) is 0 Å². The van der Waals surface area contributed by atoms with Gasteiger partial charge in [0, 0.05) is 31.3 Å². The second-order valence-corrected chi connectivity index (χ2v) is 6.77. The van der Waals surface area contributed by atoms with Crippen LogP contribution in [0.25, 0.3) is 0 Å². The molecule has 1 atom stereocenters. The highest BCUT2D eigenvalue weighted by atomic mass is 32.1. The van der Waals surface area contributed by atoms with E-state index in [0.29, 0.717) is 6.54 Å². The van der Waals surface area contributed by atoms with Crippen LogP contribution < -0.4 is 0 Å². The third-order valence-corrected chi connectivity index (χ3v) is 5.27. The molecule has 112 valence electrons. The van der Waals surface area contributed by atoms with Gasteiger partial charge in [0.15, 0.2) is 0 Å². The Morgan fingerprint density at radius 2 is 2.38 bits per heavy atom. The molecule has 2 heterocycles. The predicted molar refractivity (Wildman–Crippen MR) is 82.0 cm³/mol. The topological polar surface area (TPSA) is 51.0 Å². The highest BCUT2D eigenvalue weighted by Gasteiger charge is 2.30. The van der Waals surface area contributed by atoms with E-state index in [1.807, 2.05) is 19.0 Å². The minimum absolute atomic E-state index is 0.0555. The molecule has 0 aliphatic heterocycles. The maximum atomic E-state index is 12.7. The molecule has 0 bridgehead atoms. The number of aromatic nitrogens is 3. The first-order valence-corrected chi connectivity index (χ1v) is 8.09. The number of carbonyl (C=O) groups is 1. The van der Waals surface area contributed by atoms with Crippen molar-refractivity contribution in [2.75, 3.05) is 7.05 Å². The van der Waals surface area contributed by atoms with Crippen molar-refractivity contribution in [1.29, 1.82) is 0 Å². The van der Waals surface area contributed by atoms with Gasteiger partial charge in [-0.25, -0.2) is 0 Å². The first kappa shape index (κ1) is 14.3. The second-order valence-electron chi connectivity index (χ2n) is 5.77. The summed E-state index contributed by atoms with van der Waals surface area (Å²) in [5, 5.41) is 10.3. The van der Waals surface area contributed by atoms with E-state index in [0.717, 1.165) is 30.7 Å². The molecule has 2 aromatic heterocycles. The van der Waals surface area contributed by atoms with Gasteiger partial charge in [-0.1, -0.05) is 5.21 Å². The Kier molecular flexibility index (Phi) is 3.80. The van der Waals surface area contributed by atoms with Gasteiger partial charge in [0.2, 0.25) is 5.91 Å². The minimum Gasteiger partial charge on any atom is -0.340 e. The highest BCUT2D eigenvalue weighted by molar-refractivity contribution is 7.10. The van der Waals surface area contributed by atoms with Crippen LogP contribution in [0.15, 0.2) is 11.4 Å². The zero-order valence-electron chi connectivity index (χ0n) is 12.7. The summed E-state index contributed by atoms with van der Waals surface area (Å²) >= 11 is 1.72. The standard InChI is InChI=1S/C15H20N4OS/c1-10-6-7-21-14(10)9-18(2)15(20)11-4-5-12-13(8-11)19(3)17-16-12/h6-7,11H,4-5,8-9H2,1-3H3. The Bertz CT molecular complexity index is 660. The molecule has 0 radical (unpaired) electrons. The lowest BCUT2D eigenvalue weighted by Crippen LogP contribution is -2.35. The molecule has 1 aliphatic rings. The third kappa shape index (κ3) is 2.72. The number of fused-ring (bicyclic) bond motifs is 1. The average molecular weight is 304 g/mol. The van der Waals surface area contributed by atoms with Crippen LogP contribution in [-0.4, -0.2) is 32.8 Å². The molecule has 1 aliphatic carbocycles. The Morgan fingerprint density at radius 3 is 3.10 bits per heavy atom. The molecule has 3 rings (SSSR count). The number of amides is 1. The van der Waals surface area contributed by atoms with Gasteiger partial charge in [0.25, 0.3) is 0 Å². The Morgan fingerprint density at radius 1 is 1.57 bits per heavy atom. The fraction of sp³-hybridized carbons (Fsp3) is 0.533. The largest absolute Gasteiger partial charge is 0.340 e. The molecule has 0 spiro atoms. The summed E-state index contributed by atoms with van der Waals surface area (Å²) in [6.07, 6.45) is 2.48. The van der Waals surface area contributed by atoms with Crippen LogP contribution in [0, 0.1) is 12.8 Å². The molecule has 1 amide bonds. The van der Waals surface area contributed by atoms with Gasteiger partial charge in [-0.3, -0.25) is 9.48 Å². The van der Waals surface area contributed by atoms with Gasteiger partial charge in [-0.2, -0.15) is 0 Å². The van der Waals surface area contributed by atoms with Gasteiger partial charge in [-0.15, -0.1) is 16.4 Å². The number of thiophene rings is 1. The summed E-state index contributed by atoms with van der Waals surface area (Å²) < 4.78 is 1.80. The fourth-order valence-corrected chi connectivity index (χ4v) is 3.85. The average Bonchev–Trinajstić information content (AvgIpc) is 3.05. The summed E-state index contributed by atoms with van der Waals surface area (Å²) in [7, 11) is 3.80. The van der Waals surface area contributed by atoms with E-state index in [-0.39, 0.29) is 11.8 Å². The van der Waals surface area contributed by atoms with E-state index in [2.05, 4.69) is 28.7 Å². The molecule has 0 N–H and O–H groups in total. The summed E-state index contributed by atoms with van der Waals surface area (Å²) in [4.78, 5) is 15.8. The maximum Gasteiger partial charge on any atom is 0.226 e. The molecule has 1 unspecified atom stereocenters. The molecule has 2 aromatic rings. The van der Waals surface area contributed by atoms with Gasteiger partial charge < -0.3 is 4.90 Å². The molecule has 6 heteroatoms. The normalized spacial score (nSPS) is 17.6. The highest BCUT2D eigenvalue weighted by Crippen LogP contribution is 2.26. The van der Waals surface area contributed by atoms with Crippen molar-refractivity contribution in [3.05, 3.63) is 33.3 Å². The van der Waals surface area contributed by atoms with Crippen molar-refractivity contribution < 1.29 is 4.79 Å². The number of nitrogens with zero attached hydrogens (tertiary/aromatic N) is 4. The molecular weight excluding hydrogens is 284 g/mol. The molecule has 21 heavy (non-hydrogen) atoms. The minimum atomic E-state index is 0.0555. The van der Waals surface area contributed by atoms with E-state index >= 15 is 0 Å². The summed E-state index contributed by atoms with van der Waals surface area (Å²) in [5.41, 5.74) is 3.43. The Hall–Kier alpha value is -1.69. The van der Waals surface area contributed by atoms with Crippen LogP contribution in [0.4, 0.5) is 0 Å². The third-order valence-electron chi connectivity index (χ3n) is 4.27. The van der Waals surface area contributed by atoms with Gasteiger partial charge in [0.05, 0.1) is 17.9 Å². The van der Waals surface area contributed by atoms with Crippen LogP contribution in [-0.2, 0) is 31.2 Å². The van der Waals surface area contributed by atoms with Gasteiger partial charge >= 0.3 is 0 Å². The predicted octanol–water partition coefficient (Wildman–Crippen LogP) is 1.95. The van der Waals surface area contributed by atoms with Gasteiger partial charge in [-0.05, 0) is 36.8 Å². The second kappa shape index (κ2) is 5.60. The lowest BCUT2D eigenvalue weighted by molar-refractivity contribution is -0.135. The maximum absolute atomic E-state index is 12.7. The zero-order chi connectivity index (χ0) is 15.0. The van der Waals surface area contributed by atoms with Crippen molar-refractivity contribution >= 4 is 17.2 Å². The summed E-state index contributed by atoms with van der Waals surface area (Å²) in [6, 6.07) is 2.10. The van der Waals surface area contributed by atoms with Crippen LogP contribution in [0.3, 0.4) is 0 Å². The molecular formula is C15H20N4OS. The quantitative estimate of drug-likeness (QED) is 0.871. The lowest BCUT2D eigenvalue weighted by atomic mass is 9.88. The molecule has 0 saturated carbocycles. The van der Waals surface area contributed by atoms with Gasteiger partial charge in [0.1, 0.15) is 0 Å². The number of rotatable bonds is 3. The van der Waals surface area contributed by atoms with Crippen molar-refractivity contribution in [3.8, 4) is 0 Å². The molecule has 0 saturated heterocycles. The SMILES string of the molecule is Cc1ccsc1CN(C)C(=O)C1CCc2nnn(C)c2C1. The van der Waals surface area contributed by atoms with Crippen LogP contribution in [0.5, 0.6) is 0 Å². The van der Waals surface area contributed by atoms with E-state index in [9.17, 15) is 4.79 Å². The summed E-state index contributed by atoms with van der Waals surface area (Å²) in [6.45, 7) is 2.80. The zero-order valence-corrected chi connectivity index (χ0v) is 13.5. The number of hydrogen-bond donors (Lipinski definition) is 0. The van der Waals surface area contributed by atoms with Crippen molar-refractivity contribution in [3.63, 3.8) is 0 Å². The van der Waals surface area contributed by atoms with Crippen molar-refractivity contribution in [2.45, 2.75) is 32.7 Å². The number of aryl methyl sites for hydroxylation is 3. The molecule has 0 fully saturated rings. The van der Waals surface area contributed by atoms with E-state index in [1.54, 1.807) is 16.0 Å². The monoisotopic (exact) mass is 304 g/mol. The van der Waals surface area contributed by atoms with E-state index in [1.165, 1.54) is 10.4 Å². The van der Waals surface area contributed by atoms with E-state index < -0.39 is 0 Å². The molecule has 5 nitrogen and oxygen atoms in total. The first-order valence-electron chi connectivity index (χ1n) is 7.21. The van der Waals surface area contributed by atoms with Crippen LogP contribution >= 0.6 is 11.3 Å². The summed E-state index contributed by atoms with van der Waals surface area (Å²) in [5.74, 6) is 0.287. The first-order chi connectivity index (χ1) is 10.1.